The second kappa shape index (κ2) is 7.92. The number of nitrogens with one attached hydrogen (secondary N) is 1. The molecule has 0 unspecified atom stereocenters. The Hall–Kier alpha value is -1.000. The number of benzene rings is 1. The van der Waals surface area contributed by atoms with Crippen LogP contribution >= 0.6 is 27.5 Å². The average molecular weight is 412 g/mol. The molecule has 0 saturated heterocycles. The molecule has 1 amide bonds. The van der Waals surface area contributed by atoms with Gasteiger partial charge in [0, 0.05) is 29.1 Å². The van der Waals surface area contributed by atoms with Crippen molar-refractivity contribution in [2.45, 2.75) is 52.0 Å². The van der Waals surface area contributed by atoms with Crippen molar-refractivity contribution in [3.05, 3.63) is 33.4 Å². The zero-order chi connectivity index (χ0) is 17.1. The predicted octanol–water partition coefficient (Wildman–Crippen LogP) is 5.78. The van der Waals surface area contributed by atoms with Crippen LogP contribution in [-0.4, -0.2) is 17.0 Å². The van der Waals surface area contributed by atoms with Crippen molar-refractivity contribution in [3.8, 4) is 0 Å². The number of nitrogens with zero attached hydrogens (tertiary/aromatic N) is 1. The first-order valence-corrected chi connectivity index (χ1v) is 10.0. The van der Waals surface area contributed by atoms with Crippen LogP contribution in [0, 0.1) is 5.92 Å². The Morgan fingerprint density at radius 3 is 2.67 bits per heavy atom. The van der Waals surface area contributed by atoms with Crippen molar-refractivity contribution in [3.63, 3.8) is 0 Å². The summed E-state index contributed by atoms with van der Waals surface area (Å²) < 4.78 is 3.00. The molecule has 5 heteroatoms. The summed E-state index contributed by atoms with van der Waals surface area (Å²) in [7, 11) is 0. The number of carbonyl (C=O) groups is 1. The van der Waals surface area contributed by atoms with Gasteiger partial charge in [0.2, 0.25) is 0 Å². The summed E-state index contributed by atoms with van der Waals surface area (Å²) in [5.41, 5.74) is 1.68. The van der Waals surface area contributed by atoms with Gasteiger partial charge >= 0.3 is 0 Å². The molecule has 1 heterocycles. The molecule has 1 aliphatic carbocycles. The summed E-state index contributed by atoms with van der Waals surface area (Å²) in [6.07, 6.45) is 9.61. The third kappa shape index (κ3) is 3.80. The molecule has 3 nitrogen and oxygen atoms in total. The third-order valence-corrected chi connectivity index (χ3v) is 5.77. The highest BCUT2D eigenvalue weighted by atomic mass is 79.9. The van der Waals surface area contributed by atoms with E-state index in [9.17, 15) is 4.79 Å². The molecule has 0 spiro atoms. The van der Waals surface area contributed by atoms with Crippen molar-refractivity contribution >= 4 is 44.3 Å². The van der Waals surface area contributed by atoms with Gasteiger partial charge in [0.1, 0.15) is 0 Å². The molecule has 1 aliphatic rings. The number of aryl methyl sites for hydroxylation is 1. The molecule has 24 heavy (non-hydrogen) atoms. The minimum atomic E-state index is -0.0133. The van der Waals surface area contributed by atoms with E-state index in [0.717, 1.165) is 28.5 Å². The molecule has 1 aromatic carbocycles. The number of fused-ring (bicyclic) bond motifs is 1. The Balaban J connectivity index is 1.81. The van der Waals surface area contributed by atoms with E-state index in [1.54, 1.807) is 0 Å². The van der Waals surface area contributed by atoms with Crippen LogP contribution in [0.3, 0.4) is 0 Å². The quantitative estimate of drug-likeness (QED) is 0.636. The number of hydrogen-bond donors (Lipinski definition) is 1. The van der Waals surface area contributed by atoms with Crippen LogP contribution in [0.15, 0.2) is 22.8 Å². The number of amides is 1. The number of carbonyl (C=O) groups excluding carboxylic acids is 1. The van der Waals surface area contributed by atoms with E-state index < -0.39 is 0 Å². The highest BCUT2D eigenvalue weighted by Crippen LogP contribution is 2.32. The van der Waals surface area contributed by atoms with E-state index in [2.05, 4.69) is 32.7 Å². The van der Waals surface area contributed by atoms with Crippen LogP contribution in [0.5, 0.6) is 0 Å². The maximum Gasteiger partial charge on any atom is 0.253 e. The normalized spacial score (nSPS) is 16.3. The fraction of sp³-hybridized carbons (Fsp3) is 0.526. The lowest BCUT2D eigenvalue weighted by Crippen LogP contribution is -2.29. The molecule has 2 aromatic rings. The van der Waals surface area contributed by atoms with Gasteiger partial charge in [-0.2, -0.15) is 0 Å². The Morgan fingerprint density at radius 1 is 1.29 bits per heavy atom. The highest BCUT2D eigenvalue weighted by Gasteiger charge is 2.19. The van der Waals surface area contributed by atoms with Crippen LogP contribution in [0.4, 0.5) is 0 Å². The van der Waals surface area contributed by atoms with Crippen molar-refractivity contribution in [1.29, 1.82) is 0 Å². The molecule has 1 saturated carbocycles. The van der Waals surface area contributed by atoms with E-state index in [4.69, 9.17) is 11.6 Å². The summed E-state index contributed by atoms with van der Waals surface area (Å²) in [6, 6.07) is 3.87. The highest BCUT2D eigenvalue weighted by molar-refractivity contribution is 9.10. The predicted molar refractivity (Wildman–Crippen MR) is 104 cm³/mol. The number of rotatable bonds is 4. The van der Waals surface area contributed by atoms with Gasteiger partial charge in [-0.1, -0.05) is 53.2 Å². The molecule has 0 aliphatic heterocycles. The molecule has 0 bridgehead atoms. The van der Waals surface area contributed by atoms with Gasteiger partial charge < -0.3 is 9.88 Å². The van der Waals surface area contributed by atoms with Gasteiger partial charge in [0.25, 0.3) is 5.91 Å². The van der Waals surface area contributed by atoms with E-state index in [1.807, 2.05) is 18.3 Å². The Morgan fingerprint density at radius 2 is 2.00 bits per heavy atom. The van der Waals surface area contributed by atoms with Crippen molar-refractivity contribution in [2.24, 2.45) is 5.92 Å². The number of halogens is 2. The van der Waals surface area contributed by atoms with Crippen LogP contribution in [0.1, 0.15) is 55.8 Å². The van der Waals surface area contributed by atoms with Gasteiger partial charge in [-0.05, 0) is 37.8 Å². The maximum absolute atomic E-state index is 12.8. The van der Waals surface area contributed by atoms with Gasteiger partial charge in [-0.15, -0.1) is 0 Å². The largest absolute Gasteiger partial charge is 0.352 e. The second-order valence-electron chi connectivity index (χ2n) is 6.68. The summed E-state index contributed by atoms with van der Waals surface area (Å²) in [5.74, 6) is 0.598. The monoisotopic (exact) mass is 410 g/mol. The number of hydrogen-bond acceptors (Lipinski definition) is 1. The maximum atomic E-state index is 12.8. The second-order valence-corrected chi connectivity index (χ2v) is 8.00. The lowest BCUT2D eigenvalue weighted by Gasteiger charge is -2.14. The van der Waals surface area contributed by atoms with E-state index in [-0.39, 0.29) is 5.91 Å². The first-order chi connectivity index (χ1) is 11.6. The molecule has 0 radical (unpaired) electrons. The van der Waals surface area contributed by atoms with E-state index >= 15 is 0 Å². The van der Waals surface area contributed by atoms with E-state index in [0.29, 0.717) is 16.5 Å². The Labute approximate surface area is 156 Å². The molecular weight excluding hydrogens is 388 g/mol. The molecule has 1 fully saturated rings. The molecular formula is C19H24BrClN2O. The SMILES string of the molecule is CCn1cc(C(=O)NCC2CCCCCC2)c2c(Cl)cc(Br)cc21. The van der Waals surface area contributed by atoms with Crippen molar-refractivity contribution < 1.29 is 4.79 Å². The zero-order valence-electron chi connectivity index (χ0n) is 14.1. The number of aromatic nitrogens is 1. The first kappa shape index (κ1) is 17.8. The average Bonchev–Trinajstić information content (AvgIpc) is 2.74. The minimum Gasteiger partial charge on any atom is -0.352 e. The molecule has 0 atom stereocenters. The van der Waals surface area contributed by atoms with E-state index in [1.165, 1.54) is 38.5 Å². The fourth-order valence-electron chi connectivity index (χ4n) is 3.68. The topological polar surface area (TPSA) is 34.0 Å². The molecule has 3 rings (SSSR count). The molecule has 1 N–H and O–H groups in total. The first-order valence-electron chi connectivity index (χ1n) is 8.86. The van der Waals surface area contributed by atoms with Crippen LogP contribution in [0.25, 0.3) is 10.9 Å². The summed E-state index contributed by atoms with van der Waals surface area (Å²) in [6.45, 7) is 3.65. The summed E-state index contributed by atoms with van der Waals surface area (Å²) >= 11 is 9.91. The Bertz CT molecular complexity index is 733. The van der Waals surface area contributed by atoms with Gasteiger partial charge in [0.15, 0.2) is 0 Å². The summed E-state index contributed by atoms with van der Waals surface area (Å²) in [5, 5.41) is 4.61. The summed E-state index contributed by atoms with van der Waals surface area (Å²) in [4.78, 5) is 12.8. The Kier molecular flexibility index (Phi) is 5.88. The third-order valence-electron chi connectivity index (χ3n) is 5.01. The smallest absolute Gasteiger partial charge is 0.253 e. The van der Waals surface area contributed by atoms with Gasteiger partial charge in [-0.3, -0.25) is 4.79 Å². The standard InChI is InChI=1S/C19H24BrClN2O/c1-2-23-12-15(18-16(21)9-14(20)10-17(18)23)19(24)22-11-13-7-5-3-4-6-8-13/h9-10,12-13H,2-8,11H2,1H3,(H,22,24). The lowest BCUT2D eigenvalue weighted by atomic mass is 10.0. The zero-order valence-corrected chi connectivity index (χ0v) is 16.4. The van der Waals surface area contributed by atoms with Crippen molar-refractivity contribution in [1.82, 2.24) is 9.88 Å². The van der Waals surface area contributed by atoms with Gasteiger partial charge in [-0.25, -0.2) is 0 Å². The van der Waals surface area contributed by atoms with Crippen molar-refractivity contribution in [2.75, 3.05) is 6.54 Å². The molecule has 130 valence electrons. The van der Waals surface area contributed by atoms with Crippen LogP contribution in [0.2, 0.25) is 5.02 Å². The van der Waals surface area contributed by atoms with Gasteiger partial charge in [0.05, 0.1) is 16.1 Å². The minimum absolute atomic E-state index is 0.0133. The lowest BCUT2D eigenvalue weighted by molar-refractivity contribution is 0.0947. The fourth-order valence-corrected chi connectivity index (χ4v) is 4.57. The molecule has 1 aromatic heterocycles. The van der Waals surface area contributed by atoms with Crippen LogP contribution in [-0.2, 0) is 6.54 Å². The van der Waals surface area contributed by atoms with Crippen LogP contribution < -0.4 is 5.32 Å².